The van der Waals surface area contributed by atoms with Gasteiger partial charge < -0.3 is 4.90 Å². The van der Waals surface area contributed by atoms with E-state index in [0.29, 0.717) is 29.5 Å². The minimum Gasteiger partial charge on any atom is -0.354 e. The van der Waals surface area contributed by atoms with Crippen molar-refractivity contribution >= 4 is 23.2 Å². The fourth-order valence-electron chi connectivity index (χ4n) is 2.15. The number of nitrogens with zero attached hydrogens (tertiary/aromatic N) is 2. The van der Waals surface area contributed by atoms with Crippen LogP contribution in [0.3, 0.4) is 0 Å². The smallest absolute Gasteiger partial charge is 0.167 e. The fraction of sp³-hybridized carbons (Fsp3) is 0.500. The van der Waals surface area contributed by atoms with E-state index in [1.807, 2.05) is 0 Å². The Balaban J connectivity index is 2.13. The van der Waals surface area contributed by atoms with E-state index < -0.39 is 5.82 Å². The Morgan fingerprint density at radius 3 is 2.71 bits per heavy atom. The first-order chi connectivity index (χ1) is 8.08. The van der Waals surface area contributed by atoms with Crippen molar-refractivity contribution in [3.63, 3.8) is 0 Å². The van der Waals surface area contributed by atoms with Crippen LogP contribution in [0.1, 0.15) is 25.7 Å². The van der Waals surface area contributed by atoms with Crippen LogP contribution >= 0.6 is 11.6 Å². The van der Waals surface area contributed by atoms with Gasteiger partial charge in [-0.25, -0.2) is 9.37 Å². The number of hydrogen-bond donors (Lipinski definition) is 0. The van der Waals surface area contributed by atoms with E-state index in [0.717, 1.165) is 12.8 Å². The average Bonchev–Trinajstić information content (AvgIpc) is 2.29. The molecule has 1 heterocycles. The molecule has 0 bridgehead atoms. The van der Waals surface area contributed by atoms with Crippen LogP contribution in [0, 0.1) is 5.82 Å². The molecule has 0 aliphatic heterocycles. The van der Waals surface area contributed by atoms with E-state index in [2.05, 4.69) is 4.98 Å². The lowest BCUT2D eigenvalue weighted by molar-refractivity contribution is -0.120. The van der Waals surface area contributed by atoms with Crippen molar-refractivity contribution in [1.29, 1.82) is 0 Å². The van der Waals surface area contributed by atoms with Crippen molar-refractivity contribution in [3.05, 3.63) is 23.1 Å². The van der Waals surface area contributed by atoms with Crippen LogP contribution < -0.4 is 4.90 Å². The molecule has 0 spiro atoms. The first kappa shape index (κ1) is 12.3. The predicted octanol–water partition coefficient (Wildman–Crippen LogP) is 2.82. The summed E-state index contributed by atoms with van der Waals surface area (Å²) in [6, 6.07) is 1.44. The number of hydrogen-bond acceptors (Lipinski definition) is 3. The molecule has 0 saturated heterocycles. The summed E-state index contributed by atoms with van der Waals surface area (Å²) in [4.78, 5) is 17.0. The molecule has 0 N–H and O–H groups in total. The summed E-state index contributed by atoms with van der Waals surface area (Å²) in [5.74, 6) is 0.171. The first-order valence-electron chi connectivity index (χ1n) is 5.63. The zero-order chi connectivity index (χ0) is 12.4. The van der Waals surface area contributed by atoms with Crippen LogP contribution in [0.2, 0.25) is 5.02 Å². The van der Waals surface area contributed by atoms with E-state index in [1.165, 1.54) is 12.3 Å². The Labute approximate surface area is 105 Å². The second-order valence-corrected chi connectivity index (χ2v) is 4.78. The minimum absolute atomic E-state index is 0.177. The molecule has 17 heavy (non-hydrogen) atoms. The number of anilines is 1. The van der Waals surface area contributed by atoms with Gasteiger partial charge in [-0.05, 0) is 18.9 Å². The Morgan fingerprint density at radius 1 is 1.47 bits per heavy atom. The maximum Gasteiger partial charge on any atom is 0.167 e. The van der Waals surface area contributed by atoms with Crippen molar-refractivity contribution in [1.82, 2.24) is 4.98 Å². The molecule has 1 aliphatic carbocycles. The number of halogens is 2. The highest BCUT2D eigenvalue weighted by atomic mass is 35.5. The number of pyridine rings is 1. The SMILES string of the molecule is CN(c1ncc(Cl)cc1F)C1CCC(=O)CC1. The van der Waals surface area contributed by atoms with Crippen molar-refractivity contribution in [3.8, 4) is 0 Å². The number of aromatic nitrogens is 1. The maximum atomic E-state index is 13.7. The highest BCUT2D eigenvalue weighted by Gasteiger charge is 2.24. The summed E-state index contributed by atoms with van der Waals surface area (Å²) in [6.07, 6.45) is 4.11. The van der Waals surface area contributed by atoms with Crippen molar-refractivity contribution < 1.29 is 9.18 Å². The molecule has 0 amide bonds. The molecule has 1 aliphatic rings. The number of Topliss-reactive ketones (excluding diaryl/α,β-unsaturated/α-hetero) is 1. The average molecular weight is 257 g/mol. The molecule has 1 aromatic heterocycles. The van der Waals surface area contributed by atoms with Crippen LogP contribution in [-0.4, -0.2) is 23.9 Å². The van der Waals surface area contributed by atoms with Gasteiger partial charge in [0, 0.05) is 32.1 Å². The summed E-state index contributed by atoms with van der Waals surface area (Å²) in [7, 11) is 1.81. The second kappa shape index (κ2) is 5.00. The minimum atomic E-state index is -0.420. The molecule has 0 atom stereocenters. The largest absolute Gasteiger partial charge is 0.354 e. The Kier molecular flexibility index (Phi) is 3.62. The first-order valence-corrected chi connectivity index (χ1v) is 6.01. The Bertz CT molecular complexity index is 429. The van der Waals surface area contributed by atoms with Gasteiger partial charge >= 0.3 is 0 Å². The summed E-state index contributed by atoms with van der Waals surface area (Å²) in [6.45, 7) is 0. The van der Waals surface area contributed by atoms with Gasteiger partial charge in [0.2, 0.25) is 0 Å². The molecule has 0 unspecified atom stereocenters. The lowest BCUT2D eigenvalue weighted by Gasteiger charge is -2.31. The van der Waals surface area contributed by atoms with Gasteiger partial charge in [0.05, 0.1) is 5.02 Å². The number of carbonyl (C=O) groups is 1. The molecule has 5 heteroatoms. The summed E-state index contributed by atoms with van der Waals surface area (Å²) in [5, 5.41) is 0.290. The fourth-order valence-corrected chi connectivity index (χ4v) is 2.30. The van der Waals surface area contributed by atoms with E-state index in [4.69, 9.17) is 11.6 Å². The van der Waals surface area contributed by atoms with Gasteiger partial charge in [-0.2, -0.15) is 0 Å². The molecule has 0 aromatic carbocycles. The summed E-state index contributed by atoms with van der Waals surface area (Å²) < 4.78 is 13.7. The molecule has 0 radical (unpaired) electrons. The number of rotatable bonds is 2. The van der Waals surface area contributed by atoms with Crippen LogP contribution in [0.5, 0.6) is 0 Å². The van der Waals surface area contributed by atoms with Gasteiger partial charge in [0.15, 0.2) is 11.6 Å². The lowest BCUT2D eigenvalue weighted by atomic mass is 9.93. The zero-order valence-electron chi connectivity index (χ0n) is 9.62. The van der Waals surface area contributed by atoms with Crippen molar-refractivity contribution in [2.75, 3.05) is 11.9 Å². The van der Waals surface area contributed by atoms with Crippen LogP contribution in [0.25, 0.3) is 0 Å². The molecule has 1 fully saturated rings. The molecular formula is C12H14ClFN2O. The quantitative estimate of drug-likeness (QED) is 0.816. The molecule has 1 saturated carbocycles. The van der Waals surface area contributed by atoms with Crippen LogP contribution in [0.15, 0.2) is 12.3 Å². The predicted molar refractivity (Wildman–Crippen MR) is 64.9 cm³/mol. The van der Waals surface area contributed by atoms with Gasteiger partial charge in [0.1, 0.15) is 5.78 Å². The summed E-state index contributed by atoms with van der Waals surface area (Å²) >= 11 is 5.66. The third kappa shape index (κ3) is 2.75. The van der Waals surface area contributed by atoms with Gasteiger partial charge in [-0.1, -0.05) is 11.6 Å². The maximum absolute atomic E-state index is 13.7. The standard InChI is InChI=1S/C12H14ClFN2O/c1-16(9-2-4-10(17)5-3-9)12-11(14)6-8(13)7-15-12/h6-7,9H,2-5H2,1H3. The lowest BCUT2D eigenvalue weighted by Crippen LogP contribution is -2.36. The highest BCUT2D eigenvalue weighted by Crippen LogP contribution is 2.26. The van der Waals surface area contributed by atoms with Gasteiger partial charge in [0.25, 0.3) is 0 Å². The third-order valence-electron chi connectivity index (χ3n) is 3.18. The number of ketones is 1. The van der Waals surface area contributed by atoms with Crippen LogP contribution in [-0.2, 0) is 4.79 Å². The van der Waals surface area contributed by atoms with Crippen LogP contribution in [0.4, 0.5) is 10.2 Å². The zero-order valence-corrected chi connectivity index (χ0v) is 10.4. The third-order valence-corrected chi connectivity index (χ3v) is 3.39. The topological polar surface area (TPSA) is 33.2 Å². The highest BCUT2D eigenvalue weighted by molar-refractivity contribution is 6.30. The van der Waals surface area contributed by atoms with Crippen molar-refractivity contribution in [2.24, 2.45) is 0 Å². The van der Waals surface area contributed by atoms with E-state index in [1.54, 1.807) is 11.9 Å². The number of carbonyl (C=O) groups excluding carboxylic acids is 1. The monoisotopic (exact) mass is 256 g/mol. The van der Waals surface area contributed by atoms with Gasteiger partial charge in [-0.15, -0.1) is 0 Å². The Morgan fingerprint density at radius 2 is 2.12 bits per heavy atom. The molecular weight excluding hydrogens is 243 g/mol. The normalized spacial score (nSPS) is 17.2. The Hall–Kier alpha value is -1.16. The summed E-state index contributed by atoms with van der Waals surface area (Å²) in [5.41, 5.74) is 0. The van der Waals surface area contributed by atoms with Gasteiger partial charge in [-0.3, -0.25) is 4.79 Å². The molecule has 92 valence electrons. The van der Waals surface area contributed by atoms with E-state index >= 15 is 0 Å². The second-order valence-electron chi connectivity index (χ2n) is 4.34. The molecule has 2 rings (SSSR count). The molecule has 1 aromatic rings. The molecule has 3 nitrogen and oxygen atoms in total. The van der Waals surface area contributed by atoms with Crippen molar-refractivity contribution in [2.45, 2.75) is 31.7 Å². The van der Waals surface area contributed by atoms with E-state index in [-0.39, 0.29) is 6.04 Å². The van der Waals surface area contributed by atoms with E-state index in [9.17, 15) is 9.18 Å².